The molecule has 0 bridgehead atoms. The number of aliphatic hydroxyl groups is 1. The van der Waals surface area contributed by atoms with Crippen LogP contribution in [0.1, 0.15) is 22.8 Å². The molecule has 2 aromatic carbocycles. The number of alkyl halides is 3. The fraction of sp³-hybridized carbons (Fsp3) is 0.143. The average molecular weight is 489 g/mol. The van der Waals surface area contributed by atoms with E-state index in [0.29, 0.717) is 10.0 Å². The molecule has 1 N–H and O–H groups in total. The van der Waals surface area contributed by atoms with Crippen LogP contribution in [0.2, 0.25) is 0 Å². The lowest BCUT2D eigenvalue weighted by Gasteiger charge is -2.17. The first-order chi connectivity index (χ1) is 9.70. The number of aliphatic hydroxyl groups excluding tert-OH is 1. The Morgan fingerprint density at radius 1 is 0.905 bits per heavy atom. The summed E-state index contributed by atoms with van der Waals surface area (Å²) in [6.07, 6.45) is -5.64. The molecule has 0 aromatic heterocycles. The lowest BCUT2D eigenvalue weighted by Crippen LogP contribution is -2.09. The molecule has 2 aromatic rings. The first-order valence-corrected chi connectivity index (χ1v) is 8.07. The van der Waals surface area contributed by atoms with Crippen LogP contribution in [0.15, 0.2) is 49.8 Å². The largest absolute Gasteiger partial charge is 0.417 e. The lowest BCUT2D eigenvalue weighted by atomic mass is 9.99. The molecular formula is C14H8Br3F3O. The van der Waals surface area contributed by atoms with E-state index in [0.717, 1.165) is 10.5 Å². The van der Waals surface area contributed by atoms with Crippen molar-refractivity contribution in [1.29, 1.82) is 0 Å². The molecule has 0 saturated carbocycles. The quantitative estimate of drug-likeness (QED) is 0.543. The van der Waals surface area contributed by atoms with E-state index in [1.807, 2.05) is 0 Å². The molecule has 0 amide bonds. The van der Waals surface area contributed by atoms with E-state index < -0.39 is 17.8 Å². The molecule has 0 aliphatic carbocycles. The van der Waals surface area contributed by atoms with Gasteiger partial charge in [-0.05, 0) is 35.9 Å². The Morgan fingerprint density at radius 3 is 2.14 bits per heavy atom. The highest BCUT2D eigenvalue weighted by Crippen LogP contribution is 2.38. The molecule has 0 heterocycles. The molecule has 21 heavy (non-hydrogen) atoms. The molecule has 0 radical (unpaired) electrons. The number of halogens is 6. The van der Waals surface area contributed by atoms with Gasteiger partial charge in [0.05, 0.1) is 5.56 Å². The van der Waals surface area contributed by atoms with Crippen molar-refractivity contribution in [2.75, 3.05) is 0 Å². The molecule has 0 saturated heterocycles. The van der Waals surface area contributed by atoms with Crippen molar-refractivity contribution in [2.45, 2.75) is 12.3 Å². The van der Waals surface area contributed by atoms with Gasteiger partial charge in [-0.1, -0.05) is 53.9 Å². The Morgan fingerprint density at radius 2 is 1.52 bits per heavy atom. The summed E-state index contributed by atoms with van der Waals surface area (Å²) in [6.45, 7) is 0. The van der Waals surface area contributed by atoms with E-state index in [-0.39, 0.29) is 10.0 Å². The molecule has 0 aliphatic rings. The normalized spacial score (nSPS) is 13.3. The lowest BCUT2D eigenvalue weighted by molar-refractivity contribution is -0.138. The Balaban J connectivity index is 2.49. The molecule has 7 heteroatoms. The maximum atomic E-state index is 12.9. The van der Waals surface area contributed by atoms with Crippen LogP contribution in [-0.2, 0) is 6.18 Å². The van der Waals surface area contributed by atoms with Crippen LogP contribution in [0, 0.1) is 0 Å². The van der Waals surface area contributed by atoms with Crippen LogP contribution in [0.25, 0.3) is 0 Å². The Labute approximate surface area is 144 Å². The molecule has 2 rings (SSSR count). The van der Waals surface area contributed by atoms with E-state index in [4.69, 9.17) is 0 Å². The fourth-order valence-electron chi connectivity index (χ4n) is 1.83. The minimum Gasteiger partial charge on any atom is -0.384 e. The van der Waals surface area contributed by atoms with Gasteiger partial charge in [0.1, 0.15) is 6.10 Å². The van der Waals surface area contributed by atoms with E-state index in [1.54, 1.807) is 18.2 Å². The van der Waals surface area contributed by atoms with Crippen molar-refractivity contribution in [3.8, 4) is 0 Å². The topological polar surface area (TPSA) is 20.2 Å². The molecular weight excluding hydrogens is 481 g/mol. The van der Waals surface area contributed by atoms with E-state index >= 15 is 0 Å². The molecule has 0 spiro atoms. The van der Waals surface area contributed by atoms with Crippen molar-refractivity contribution in [1.82, 2.24) is 0 Å². The second kappa shape index (κ2) is 6.40. The average Bonchev–Trinajstić information content (AvgIpc) is 2.40. The van der Waals surface area contributed by atoms with E-state index in [1.165, 1.54) is 12.1 Å². The summed E-state index contributed by atoms with van der Waals surface area (Å²) in [6, 6.07) is 8.83. The molecule has 1 atom stereocenters. The van der Waals surface area contributed by atoms with Gasteiger partial charge in [0.15, 0.2) is 0 Å². The van der Waals surface area contributed by atoms with E-state index in [9.17, 15) is 18.3 Å². The third kappa shape index (κ3) is 3.88. The zero-order valence-electron chi connectivity index (χ0n) is 10.3. The van der Waals surface area contributed by atoms with Crippen LogP contribution in [0.4, 0.5) is 13.2 Å². The Bertz CT molecular complexity index is 671. The minimum absolute atomic E-state index is 0.0562. The van der Waals surface area contributed by atoms with Gasteiger partial charge in [0, 0.05) is 19.0 Å². The maximum absolute atomic E-state index is 12.9. The number of benzene rings is 2. The van der Waals surface area contributed by atoms with Crippen LogP contribution in [0.3, 0.4) is 0 Å². The monoisotopic (exact) mass is 486 g/mol. The minimum atomic E-state index is -4.48. The summed E-state index contributed by atoms with van der Waals surface area (Å²) in [7, 11) is 0. The van der Waals surface area contributed by atoms with Crippen LogP contribution >= 0.6 is 47.8 Å². The molecule has 112 valence electrons. The summed E-state index contributed by atoms with van der Waals surface area (Å²) in [4.78, 5) is 0. The van der Waals surface area contributed by atoms with Crippen LogP contribution in [0.5, 0.6) is 0 Å². The summed E-state index contributed by atoms with van der Waals surface area (Å²) in [5, 5.41) is 10.3. The van der Waals surface area contributed by atoms with Gasteiger partial charge in [0.25, 0.3) is 0 Å². The molecule has 1 nitrogen and oxygen atoms in total. The second-order valence-electron chi connectivity index (χ2n) is 4.31. The first kappa shape index (κ1) is 17.0. The Hall–Kier alpha value is -0.370. The van der Waals surface area contributed by atoms with Gasteiger partial charge < -0.3 is 5.11 Å². The smallest absolute Gasteiger partial charge is 0.384 e. The number of hydrogen-bond acceptors (Lipinski definition) is 1. The standard InChI is InChI=1S/C14H8Br3F3O/c15-8-2-4-11(16)9(6-8)13(21)7-1-3-12(17)10(5-7)14(18,19)20/h1-6,13,21H. The van der Waals surface area contributed by atoms with Gasteiger partial charge >= 0.3 is 6.18 Å². The highest BCUT2D eigenvalue weighted by Gasteiger charge is 2.33. The van der Waals surface area contributed by atoms with Crippen molar-refractivity contribution in [2.24, 2.45) is 0 Å². The predicted molar refractivity (Wildman–Crippen MR) is 85.0 cm³/mol. The van der Waals surface area contributed by atoms with Gasteiger partial charge in [-0.2, -0.15) is 13.2 Å². The number of rotatable bonds is 2. The van der Waals surface area contributed by atoms with Crippen molar-refractivity contribution >= 4 is 47.8 Å². The summed E-state index contributed by atoms with van der Waals surface area (Å²) < 4.78 is 40.0. The van der Waals surface area contributed by atoms with E-state index in [2.05, 4.69) is 47.8 Å². The third-order valence-corrected chi connectivity index (χ3v) is 4.77. The van der Waals surface area contributed by atoms with Gasteiger partial charge in [-0.3, -0.25) is 0 Å². The molecule has 1 unspecified atom stereocenters. The van der Waals surface area contributed by atoms with Gasteiger partial charge in [-0.25, -0.2) is 0 Å². The van der Waals surface area contributed by atoms with Crippen molar-refractivity contribution in [3.63, 3.8) is 0 Å². The zero-order chi connectivity index (χ0) is 15.8. The molecule has 0 aliphatic heterocycles. The summed E-state index contributed by atoms with van der Waals surface area (Å²) in [5.41, 5.74) is -0.158. The van der Waals surface area contributed by atoms with Crippen LogP contribution in [-0.4, -0.2) is 5.11 Å². The summed E-state index contributed by atoms with van der Waals surface area (Å²) >= 11 is 9.44. The number of hydrogen-bond donors (Lipinski definition) is 1. The highest BCUT2D eigenvalue weighted by atomic mass is 79.9. The molecule has 0 fully saturated rings. The second-order valence-corrected chi connectivity index (χ2v) is 6.93. The van der Waals surface area contributed by atoms with Crippen molar-refractivity contribution in [3.05, 3.63) is 66.5 Å². The van der Waals surface area contributed by atoms with Crippen LogP contribution < -0.4 is 0 Å². The highest BCUT2D eigenvalue weighted by molar-refractivity contribution is 9.11. The summed E-state index contributed by atoms with van der Waals surface area (Å²) in [5.74, 6) is 0. The predicted octanol–water partition coefficient (Wildman–Crippen LogP) is 6.07. The Kier molecular flexibility index (Phi) is 5.18. The zero-order valence-corrected chi connectivity index (χ0v) is 15.0. The fourth-order valence-corrected chi connectivity index (χ4v) is 3.15. The maximum Gasteiger partial charge on any atom is 0.417 e. The third-order valence-electron chi connectivity index (χ3n) is 2.86. The van der Waals surface area contributed by atoms with Crippen molar-refractivity contribution < 1.29 is 18.3 Å². The van der Waals surface area contributed by atoms with Gasteiger partial charge in [0.2, 0.25) is 0 Å². The van der Waals surface area contributed by atoms with Gasteiger partial charge in [-0.15, -0.1) is 0 Å². The first-order valence-electron chi connectivity index (χ1n) is 5.70. The SMILES string of the molecule is OC(c1ccc(Br)c(C(F)(F)F)c1)c1cc(Br)ccc1Br.